The van der Waals surface area contributed by atoms with Crippen LogP contribution >= 0.6 is 15.9 Å². The molecule has 0 aliphatic carbocycles. The number of hydrazine groups is 1. The lowest BCUT2D eigenvalue weighted by Gasteiger charge is -2.13. The Morgan fingerprint density at radius 2 is 1.78 bits per heavy atom. The molecule has 0 unspecified atom stereocenters. The normalized spacial score (nSPS) is 10.3. The number of unbranched alkanes of at least 4 members (excludes halogenated alkanes) is 3. The van der Waals surface area contributed by atoms with Gasteiger partial charge in [0, 0.05) is 10.0 Å². The average molecular weight is 433 g/mol. The zero-order valence-electron chi connectivity index (χ0n) is 15.7. The highest BCUT2D eigenvalue weighted by atomic mass is 79.9. The lowest BCUT2D eigenvalue weighted by atomic mass is 10.1. The number of halogens is 1. The van der Waals surface area contributed by atoms with Gasteiger partial charge in [-0.1, -0.05) is 59.8 Å². The van der Waals surface area contributed by atoms with E-state index in [9.17, 15) is 9.59 Å². The molecule has 0 spiro atoms. The number of hydrogen-bond acceptors (Lipinski definition) is 3. The Morgan fingerprint density at radius 1 is 1.00 bits per heavy atom. The number of rotatable bonds is 8. The largest absolute Gasteiger partial charge is 0.493 e. The maximum Gasteiger partial charge on any atom is 0.273 e. The van der Waals surface area contributed by atoms with Gasteiger partial charge in [0.05, 0.1) is 12.2 Å². The fourth-order valence-electron chi connectivity index (χ4n) is 2.56. The zero-order chi connectivity index (χ0) is 19.6. The van der Waals surface area contributed by atoms with E-state index < -0.39 is 5.91 Å². The highest BCUT2D eigenvalue weighted by Gasteiger charge is 2.15. The van der Waals surface area contributed by atoms with E-state index in [0.29, 0.717) is 23.5 Å². The molecule has 2 amide bonds. The quantitative estimate of drug-likeness (QED) is 0.465. The SMILES string of the molecule is CCCCCCOc1ccc(Br)cc1C(=O)NNC(=O)c1cccc(C)c1. The number of ether oxygens (including phenoxy) is 1. The van der Waals surface area contributed by atoms with Crippen molar-refractivity contribution in [1.29, 1.82) is 0 Å². The highest BCUT2D eigenvalue weighted by Crippen LogP contribution is 2.23. The van der Waals surface area contributed by atoms with Crippen LogP contribution in [0.4, 0.5) is 0 Å². The lowest BCUT2D eigenvalue weighted by molar-refractivity contribution is 0.0844. The fourth-order valence-corrected chi connectivity index (χ4v) is 2.92. The van der Waals surface area contributed by atoms with Crippen LogP contribution in [0.25, 0.3) is 0 Å². The molecule has 0 aliphatic heterocycles. The standard InChI is InChI=1S/C21H25BrN2O3/c1-3-4-5-6-12-27-19-11-10-17(22)14-18(19)21(26)24-23-20(25)16-9-7-8-15(2)13-16/h7-11,13-14H,3-6,12H2,1-2H3,(H,23,25)(H,24,26). The molecule has 5 nitrogen and oxygen atoms in total. The van der Waals surface area contributed by atoms with Crippen LogP contribution in [-0.4, -0.2) is 18.4 Å². The minimum atomic E-state index is -0.430. The predicted molar refractivity (Wildman–Crippen MR) is 110 cm³/mol. The molecule has 2 N–H and O–H groups in total. The van der Waals surface area contributed by atoms with Crippen LogP contribution in [0.1, 0.15) is 58.9 Å². The van der Waals surface area contributed by atoms with Gasteiger partial charge in [0.2, 0.25) is 0 Å². The number of aryl methyl sites for hydroxylation is 1. The first-order valence-electron chi connectivity index (χ1n) is 9.11. The molecule has 27 heavy (non-hydrogen) atoms. The van der Waals surface area contributed by atoms with Gasteiger partial charge in [-0.25, -0.2) is 0 Å². The summed E-state index contributed by atoms with van der Waals surface area (Å²) < 4.78 is 6.53. The molecule has 2 rings (SSSR count). The first kappa shape index (κ1) is 21.0. The van der Waals surface area contributed by atoms with Crippen LogP contribution in [0.15, 0.2) is 46.9 Å². The van der Waals surface area contributed by atoms with Gasteiger partial charge >= 0.3 is 0 Å². The van der Waals surface area contributed by atoms with Crippen molar-refractivity contribution in [1.82, 2.24) is 10.9 Å². The van der Waals surface area contributed by atoms with E-state index in [1.165, 1.54) is 6.42 Å². The van der Waals surface area contributed by atoms with Crippen molar-refractivity contribution in [3.8, 4) is 5.75 Å². The number of nitrogens with one attached hydrogen (secondary N) is 2. The number of amides is 2. The monoisotopic (exact) mass is 432 g/mol. The van der Waals surface area contributed by atoms with Crippen LogP contribution in [0.3, 0.4) is 0 Å². The summed E-state index contributed by atoms with van der Waals surface area (Å²) >= 11 is 3.37. The molecule has 0 saturated heterocycles. The molecule has 0 saturated carbocycles. The Labute approximate surface area is 168 Å². The van der Waals surface area contributed by atoms with Crippen LogP contribution in [0, 0.1) is 6.92 Å². The summed E-state index contributed by atoms with van der Waals surface area (Å²) in [4.78, 5) is 24.7. The Morgan fingerprint density at radius 3 is 2.52 bits per heavy atom. The Balaban J connectivity index is 1.98. The van der Waals surface area contributed by atoms with E-state index in [-0.39, 0.29) is 5.91 Å². The molecule has 0 heterocycles. The highest BCUT2D eigenvalue weighted by molar-refractivity contribution is 9.10. The lowest BCUT2D eigenvalue weighted by Crippen LogP contribution is -2.41. The Bertz CT molecular complexity index is 793. The topological polar surface area (TPSA) is 67.4 Å². The second kappa shape index (κ2) is 10.7. The summed E-state index contributed by atoms with van der Waals surface area (Å²) in [6.45, 7) is 4.61. The molecule has 6 heteroatoms. The van der Waals surface area contributed by atoms with Crippen molar-refractivity contribution in [3.05, 3.63) is 63.6 Å². The molecule has 0 aromatic heterocycles. The van der Waals surface area contributed by atoms with Crippen LogP contribution in [0.5, 0.6) is 5.75 Å². The van der Waals surface area contributed by atoms with Gasteiger partial charge < -0.3 is 4.74 Å². The summed E-state index contributed by atoms with van der Waals surface area (Å²) in [7, 11) is 0. The van der Waals surface area contributed by atoms with Crippen molar-refractivity contribution in [3.63, 3.8) is 0 Å². The second-order valence-electron chi connectivity index (χ2n) is 6.33. The van der Waals surface area contributed by atoms with E-state index in [2.05, 4.69) is 33.7 Å². The first-order chi connectivity index (χ1) is 13.0. The maximum absolute atomic E-state index is 12.5. The van der Waals surface area contributed by atoms with Gasteiger partial charge in [0.1, 0.15) is 5.75 Å². The van der Waals surface area contributed by atoms with Gasteiger partial charge in [-0.15, -0.1) is 0 Å². The third kappa shape index (κ3) is 6.71. The van der Waals surface area contributed by atoms with E-state index in [1.54, 1.807) is 30.3 Å². The molecule has 144 valence electrons. The van der Waals surface area contributed by atoms with Gasteiger partial charge in [0.25, 0.3) is 11.8 Å². The molecule has 0 radical (unpaired) electrons. The third-order valence-electron chi connectivity index (χ3n) is 4.01. The van der Waals surface area contributed by atoms with Crippen molar-refractivity contribution >= 4 is 27.7 Å². The molecule has 0 fully saturated rings. The van der Waals surface area contributed by atoms with E-state index in [0.717, 1.165) is 29.3 Å². The number of carbonyl (C=O) groups excluding carboxylic acids is 2. The van der Waals surface area contributed by atoms with Gasteiger partial charge in [-0.05, 0) is 43.7 Å². The average Bonchev–Trinajstić information content (AvgIpc) is 2.66. The van der Waals surface area contributed by atoms with Crippen LogP contribution in [-0.2, 0) is 0 Å². The molecule has 2 aromatic carbocycles. The van der Waals surface area contributed by atoms with Crippen molar-refractivity contribution in [2.75, 3.05) is 6.61 Å². The predicted octanol–water partition coefficient (Wildman–Crippen LogP) is 4.79. The maximum atomic E-state index is 12.5. The molecular weight excluding hydrogens is 408 g/mol. The number of carbonyl (C=O) groups is 2. The summed E-state index contributed by atoms with van der Waals surface area (Å²) in [5, 5.41) is 0. The second-order valence-corrected chi connectivity index (χ2v) is 7.24. The van der Waals surface area contributed by atoms with Crippen molar-refractivity contribution in [2.24, 2.45) is 0 Å². The molecule has 2 aromatic rings. The number of benzene rings is 2. The van der Waals surface area contributed by atoms with Crippen LogP contribution in [0.2, 0.25) is 0 Å². The summed E-state index contributed by atoms with van der Waals surface area (Å²) in [6, 6.07) is 12.4. The van der Waals surface area contributed by atoms with Gasteiger partial charge in [-0.2, -0.15) is 0 Å². The van der Waals surface area contributed by atoms with Gasteiger partial charge in [0.15, 0.2) is 0 Å². The van der Waals surface area contributed by atoms with E-state index in [1.807, 2.05) is 19.1 Å². The van der Waals surface area contributed by atoms with Gasteiger partial charge in [-0.3, -0.25) is 20.4 Å². The smallest absolute Gasteiger partial charge is 0.273 e. The fraction of sp³-hybridized carbons (Fsp3) is 0.333. The third-order valence-corrected chi connectivity index (χ3v) is 4.50. The molecule has 0 aliphatic rings. The molecular formula is C21H25BrN2O3. The summed E-state index contributed by atoms with van der Waals surface area (Å²) in [6.07, 6.45) is 4.37. The zero-order valence-corrected chi connectivity index (χ0v) is 17.3. The van der Waals surface area contributed by atoms with Crippen molar-refractivity contribution in [2.45, 2.75) is 39.5 Å². The van der Waals surface area contributed by atoms with E-state index in [4.69, 9.17) is 4.74 Å². The molecule has 0 atom stereocenters. The first-order valence-corrected chi connectivity index (χ1v) is 9.90. The van der Waals surface area contributed by atoms with E-state index >= 15 is 0 Å². The minimum absolute atomic E-state index is 0.365. The summed E-state index contributed by atoms with van der Waals surface area (Å²) in [5.41, 5.74) is 6.72. The number of hydrogen-bond donors (Lipinski definition) is 2. The summed E-state index contributed by atoms with van der Waals surface area (Å²) in [5.74, 6) is -0.304. The van der Waals surface area contributed by atoms with Crippen LogP contribution < -0.4 is 15.6 Å². The van der Waals surface area contributed by atoms with Crippen molar-refractivity contribution < 1.29 is 14.3 Å². The Kier molecular flexibility index (Phi) is 8.33. The molecule has 0 bridgehead atoms. The minimum Gasteiger partial charge on any atom is -0.493 e. The Hall–Kier alpha value is -2.34.